The minimum Gasteiger partial charge on any atom is -0.469 e. The van der Waals surface area contributed by atoms with Crippen LogP contribution in [0, 0.1) is 5.82 Å². The van der Waals surface area contributed by atoms with E-state index in [1.165, 1.54) is 36.3 Å². The van der Waals surface area contributed by atoms with Crippen LogP contribution in [0.25, 0.3) is 0 Å². The van der Waals surface area contributed by atoms with E-state index in [1.807, 2.05) is 30.3 Å². The number of nitrogens with one attached hydrogen (secondary N) is 1. The Morgan fingerprint density at radius 3 is 2.19 bits per heavy atom. The molecule has 0 spiro atoms. The van der Waals surface area contributed by atoms with Crippen molar-refractivity contribution in [2.45, 2.75) is 18.9 Å². The largest absolute Gasteiger partial charge is 0.469 e. The van der Waals surface area contributed by atoms with Crippen LogP contribution in [0.4, 0.5) is 14.9 Å². The number of hydrogen-bond donors (Lipinski definition) is 2. The summed E-state index contributed by atoms with van der Waals surface area (Å²) >= 11 is 0. The van der Waals surface area contributed by atoms with Crippen LogP contribution in [0.3, 0.4) is 0 Å². The first-order chi connectivity index (χ1) is 17.4. The lowest BCUT2D eigenvalue weighted by Gasteiger charge is -2.26. The van der Waals surface area contributed by atoms with E-state index in [9.17, 15) is 18.8 Å². The zero-order valence-electron chi connectivity index (χ0n) is 19.9. The number of ether oxygens (including phenoxy) is 2. The molecule has 0 heterocycles. The Morgan fingerprint density at radius 2 is 1.58 bits per heavy atom. The summed E-state index contributed by atoms with van der Waals surface area (Å²) in [5.41, 5.74) is 6.57. The normalized spacial score (nSPS) is 11.3. The Labute approximate surface area is 208 Å². The third-order valence-electron chi connectivity index (χ3n) is 5.35. The Balaban J connectivity index is 1.76. The molecule has 1 atom stereocenters. The van der Waals surface area contributed by atoms with Crippen LogP contribution < -0.4 is 20.7 Å². The van der Waals surface area contributed by atoms with Gasteiger partial charge < -0.3 is 20.5 Å². The monoisotopic (exact) mass is 493 g/mol. The first-order valence-electron chi connectivity index (χ1n) is 11.4. The van der Waals surface area contributed by atoms with Gasteiger partial charge >= 0.3 is 12.0 Å². The number of Topliss-reactive ketones (excluding diaryl/α,β-unsaturated/α-hetero) is 1. The van der Waals surface area contributed by atoms with Crippen LogP contribution in [0.15, 0.2) is 78.9 Å². The molecular formula is C27H28FN3O5. The summed E-state index contributed by atoms with van der Waals surface area (Å²) in [4.78, 5) is 38.9. The number of rotatable bonds is 11. The highest BCUT2D eigenvalue weighted by Gasteiger charge is 2.22. The van der Waals surface area contributed by atoms with Crippen molar-refractivity contribution in [3.05, 3.63) is 90.2 Å². The molecule has 36 heavy (non-hydrogen) atoms. The van der Waals surface area contributed by atoms with Gasteiger partial charge in [0, 0.05) is 30.8 Å². The molecule has 0 aliphatic carbocycles. The lowest BCUT2D eigenvalue weighted by Crippen LogP contribution is -2.49. The SMILES string of the molecule is COC(=O)C[C@H](CN)NC(=O)N(CCC(=O)c1ccc(F)cc1)c1ccc(Oc2ccccc2)cc1. The van der Waals surface area contributed by atoms with Gasteiger partial charge in [-0.25, -0.2) is 9.18 Å². The average Bonchev–Trinajstić information content (AvgIpc) is 2.90. The summed E-state index contributed by atoms with van der Waals surface area (Å²) in [6, 6.07) is 20.1. The van der Waals surface area contributed by atoms with Crippen molar-refractivity contribution in [3.8, 4) is 11.5 Å². The van der Waals surface area contributed by atoms with Gasteiger partial charge in [-0.1, -0.05) is 18.2 Å². The van der Waals surface area contributed by atoms with Crippen LogP contribution in [0.5, 0.6) is 11.5 Å². The van der Waals surface area contributed by atoms with Crippen LogP contribution in [-0.2, 0) is 9.53 Å². The molecule has 3 N–H and O–H groups in total. The van der Waals surface area contributed by atoms with Gasteiger partial charge in [-0.05, 0) is 60.7 Å². The predicted molar refractivity (Wildman–Crippen MR) is 134 cm³/mol. The number of carbonyl (C=O) groups is 3. The van der Waals surface area contributed by atoms with E-state index in [0.717, 1.165) is 0 Å². The number of esters is 1. The fourth-order valence-electron chi connectivity index (χ4n) is 3.39. The molecule has 2 amide bonds. The second-order valence-corrected chi connectivity index (χ2v) is 7.90. The number of hydrogen-bond acceptors (Lipinski definition) is 6. The molecule has 0 saturated carbocycles. The molecule has 0 aliphatic rings. The smallest absolute Gasteiger partial charge is 0.322 e. The summed E-state index contributed by atoms with van der Waals surface area (Å²) < 4.78 is 23.7. The summed E-state index contributed by atoms with van der Waals surface area (Å²) in [7, 11) is 1.25. The maximum atomic E-state index is 13.2. The molecule has 8 nitrogen and oxygen atoms in total. The van der Waals surface area contributed by atoms with Crippen LogP contribution in [-0.4, -0.2) is 44.0 Å². The maximum Gasteiger partial charge on any atom is 0.322 e. The summed E-state index contributed by atoms with van der Waals surface area (Å²) in [5, 5.41) is 2.72. The zero-order chi connectivity index (χ0) is 25.9. The van der Waals surface area contributed by atoms with Gasteiger partial charge in [-0.2, -0.15) is 0 Å². The standard InChI is InChI=1S/C27H28FN3O5/c1-35-26(33)17-21(18-29)30-27(34)31(16-15-25(32)19-7-9-20(28)10-8-19)22-11-13-24(14-12-22)36-23-5-3-2-4-6-23/h2-14,21H,15-18,29H2,1H3,(H,30,34)/t21-/m1/s1. The van der Waals surface area contributed by atoms with Crippen molar-refractivity contribution in [3.63, 3.8) is 0 Å². The van der Waals surface area contributed by atoms with Crippen molar-refractivity contribution in [1.29, 1.82) is 0 Å². The second-order valence-electron chi connectivity index (χ2n) is 7.90. The topological polar surface area (TPSA) is 111 Å². The zero-order valence-corrected chi connectivity index (χ0v) is 19.9. The van der Waals surface area contributed by atoms with E-state index in [1.54, 1.807) is 24.3 Å². The maximum absolute atomic E-state index is 13.2. The van der Waals surface area contributed by atoms with Gasteiger partial charge in [0.15, 0.2) is 5.78 Å². The minimum absolute atomic E-state index is 0.00832. The molecule has 0 bridgehead atoms. The Morgan fingerprint density at radius 1 is 0.944 bits per heavy atom. The van der Waals surface area contributed by atoms with Crippen molar-refractivity contribution < 1.29 is 28.2 Å². The molecule has 9 heteroatoms. The van der Waals surface area contributed by atoms with Gasteiger partial charge in [0.2, 0.25) is 0 Å². The lowest BCUT2D eigenvalue weighted by atomic mass is 10.1. The lowest BCUT2D eigenvalue weighted by molar-refractivity contribution is -0.141. The van der Waals surface area contributed by atoms with Crippen molar-refractivity contribution in [1.82, 2.24) is 5.32 Å². The number of methoxy groups -OCH3 is 1. The molecule has 0 saturated heterocycles. The number of nitrogens with zero attached hydrogens (tertiary/aromatic N) is 1. The molecule has 0 unspecified atom stereocenters. The number of ketones is 1. The molecule has 0 aliphatic heterocycles. The average molecular weight is 494 g/mol. The number of benzene rings is 3. The van der Waals surface area contributed by atoms with Gasteiger partial charge in [-0.15, -0.1) is 0 Å². The quantitative estimate of drug-likeness (QED) is 0.304. The molecule has 188 valence electrons. The van der Waals surface area contributed by atoms with Crippen molar-refractivity contribution in [2.24, 2.45) is 5.73 Å². The second kappa shape index (κ2) is 13.0. The van der Waals surface area contributed by atoms with Crippen LogP contribution in [0.1, 0.15) is 23.2 Å². The van der Waals surface area contributed by atoms with Crippen molar-refractivity contribution >= 4 is 23.5 Å². The fourth-order valence-corrected chi connectivity index (χ4v) is 3.39. The number of anilines is 1. The van der Waals surface area contributed by atoms with E-state index < -0.39 is 23.9 Å². The summed E-state index contributed by atoms with van der Waals surface area (Å²) in [6.45, 7) is 0.0590. The number of urea groups is 1. The van der Waals surface area contributed by atoms with Gasteiger partial charge in [0.25, 0.3) is 0 Å². The third kappa shape index (κ3) is 7.64. The summed E-state index contributed by atoms with van der Waals surface area (Å²) in [5.74, 6) is 0.0355. The van der Waals surface area contributed by atoms with E-state index in [0.29, 0.717) is 22.7 Å². The first-order valence-corrected chi connectivity index (χ1v) is 11.4. The van der Waals surface area contributed by atoms with Gasteiger partial charge in [0.05, 0.1) is 19.6 Å². The number of nitrogens with two attached hydrogens (primary N) is 1. The Hall–Kier alpha value is -4.24. The van der Waals surface area contributed by atoms with Crippen molar-refractivity contribution in [2.75, 3.05) is 25.1 Å². The highest BCUT2D eigenvalue weighted by molar-refractivity contribution is 5.98. The number of carbonyl (C=O) groups excluding carboxylic acids is 3. The molecule has 3 aromatic carbocycles. The molecule has 0 fully saturated rings. The third-order valence-corrected chi connectivity index (χ3v) is 5.35. The molecule has 3 aromatic rings. The van der Waals surface area contributed by atoms with E-state index in [4.69, 9.17) is 10.5 Å². The van der Waals surface area contributed by atoms with E-state index >= 15 is 0 Å². The highest BCUT2D eigenvalue weighted by atomic mass is 19.1. The highest BCUT2D eigenvalue weighted by Crippen LogP contribution is 2.25. The minimum atomic E-state index is -0.652. The molecule has 0 radical (unpaired) electrons. The fraction of sp³-hybridized carbons (Fsp3) is 0.222. The number of para-hydroxylation sites is 1. The Kier molecular flexibility index (Phi) is 9.53. The first kappa shape index (κ1) is 26.4. The number of halogens is 1. The summed E-state index contributed by atoms with van der Waals surface area (Å²) in [6.07, 6.45) is -0.101. The van der Waals surface area contributed by atoms with Gasteiger partial charge in [-0.3, -0.25) is 14.5 Å². The van der Waals surface area contributed by atoms with Crippen LogP contribution >= 0.6 is 0 Å². The molecule has 0 aromatic heterocycles. The van der Waals surface area contributed by atoms with E-state index in [2.05, 4.69) is 10.1 Å². The molecule has 3 rings (SSSR count). The van der Waals surface area contributed by atoms with Crippen LogP contribution in [0.2, 0.25) is 0 Å². The predicted octanol–water partition coefficient (Wildman–Crippen LogP) is 4.30. The van der Waals surface area contributed by atoms with Gasteiger partial charge in [0.1, 0.15) is 17.3 Å². The number of amides is 2. The van der Waals surface area contributed by atoms with E-state index in [-0.39, 0.29) is 31.7 Å². The molecular weight excluding hydrogens is 465 g/mol. The Bertz CT molecular complexity index is 1150.